The van der Waals surface area contributed by atoms with Crippen LogP contribution in [0.3, 0.4) is 0 Å². The maximum Gasteiger partial charge on any atom is 0.410 e. The molecule has 2 unspecified atom stereocenters. The lowest BCUT2D eigenvalue weighted by Gasteiger charge is -2.54. The summed E-state index contributed by atoms with van der Waals surface area (Å²) in [5.41, 5.74) is 6.00. The van der Waals surface area contributed by atoms with E-state index in [-0.39, 0.29) is 17.6 Å². The normalized spacial score (nSPS) is 29.6. The van der Waals surface area contributed by atoms with Gasteiger partial charge in [-0.3, -0.25) is 4.90 Å². The molecule has 5 heteroatoms. The molecule has 0 aromatic rings. The highest BCUT2D eigenvalue weighted by Crippen LogP contribution is 2.41. The SMILES string of the molecule is CC(C)N1CCC(N)C1C1(C)CN(C(=O)OC(C)(C)C)C1. The lowest BCUT2D eigenvalue weighted by atomic mass is 9.72. The molecule has 0 aromatic heterocycles. The third kappa shape index (κ3) is 3.34. The van der Waals surface area contributed by atoms with Crippen molar-refractivity contribution in [2.45, 2.75) is 71.7 Å². The molecule has 2 atom stereocenters. The molecule has 2 heterocycles. The van der Waals surface area contributed by atoms with Gasteiger partial charge in [0.05, 0.1) is 0 Å². The molecule has 5 nitrogen and oxygen atoms in total. The predicted molar refractivity (Wildman–Crippen MR) is 84.1 cm³/mol. The highest BCUT2D eigenvalue weighted by Gasteiger charge is 2.53. The maximum absolute atomic E-state index is 12.1. The molecule has 2 N–H and O–H groups in total. The molecule has 2 rings (SSSR count). The van der Waals surface area contributed by atoms with Crippen molar-refractivity contribution in [3.8, 4) is 0 Å². The second-order valence-electron chi connectivity index (χ2n) is 8.22. The van der Waals surface area contributed by atoms with E-state index < -0.39 is 5.60 Å². The molecule has 0 radical (unpaired) electrons. The lowest BCUT2D eigenvalue weighted by molar-refractivity contribution is -0.0645. The summed E-state index contributed by atoms with van der Waals surface area (Å²) in [7, 11) is 0. The standard InChI is InChI=1S/C16H31N3O2/c1-11(2)19-8-7-12(17)13(19)16(6)9-18(10-16)14(20)21-15(3,4)5/h11-13H,7-10,17H2,1-6H3. The van der Waals surface area contributed by atoms with E-state index in [0.717, 1.165) is 26.1 Å². The van der Waals surface area contributed by atoms with Gasteiger partial charge in [0.2, 0.25) is 0 Å². The third-order valence-electron chi connectivity index (χ3n) is 4.62. The average molecular weight is 297 g/mol. The number of rotatable bonds is 2. The Morgan fingerprint density at radius 1 is 1.33 bits per heavy atom. The monoisotopic (exact) mass is 297 g/mol. The quantitative estimate of drug-likeness (QED) is 0.847. The summed E-state index contributed by atoms with van der Waals surface area (Å²) < 4.78 is 5.44. The number of nitrogens with two attached hydrogens (primary N) is 1. The highest BCUT2D eigenvalue weighted by atomic mass is 16.6. The lowest BCUT2D eigenvalue weighted by Crippen LogP contribution is -2.68. The first-order chi connectivity index (χ1) is 9.53. The van der Waals surface area contributed by atoms with Crippen LogP contribution < -0.4 is 5.73 Å². The minimum absolute atomic E-state index is 0.0804. The second kappa shape index (κ2) is 5.43. The first-order valence-corrected chi connectivity index (χ1v) is 8.03. The molecular formula is C16H31N3O2. The zero-order valence-electron chi connectivity index (χ0n) is 14.3. The van der Waals surface area contributed by atoms with E-state index in [4.69, 9.17) is 10.5 Å². The van der Waals surface area contributed by atoms with Crippen molar-refractivity contribution in [1.82, 2.24) is 9.80 Å². The molecule has 2 aliphatic rings. The van der Waals surface area contributed by atoms with Crippen LogP contribution >= 0.6 is 0 Å². The number of carbonyl (C=O) groups excluding carboxylic acids is 1. The predicted octanol–water partition coefficient (Wildman–Crippen LogP) is 2.05. The van der Waals surface area contributed by atoms with Crippen LogP contribution in [0, 0.1) is 5.41 Å². The first kappa shape index (κ1) is 16.6. The van der Waals surface area contributed by atoms with Gasteiger partial charge >= 0.3 is 6.09 Å². The smallest absolute Gasteiger partial charge is 0.410 e. The van der Waals surface area contributed by atoms with Crippen LogP contribution in [-0.4, -0.2) is 59.3 Å². The Balaban J connectivity index is 1.99. The van der Waals surface area contributed by atoms with Crippen molar-refractivity contribution in [2.75, 3.05) is 19.6 Å². The van der Waals surface area contributed by atoms with Crippen molar-refractivity contribution < 1.29 is 9.53 Å². The summed E-state index contributed by atoms with van der Waals surface area (Å²) in [6, 6.07) is 1.06. The Bertz CT molecular complexity index is 397. The maximum atomic E-state index is 12.1. The molecule has 2 fully saturated rings. The van der Waals surface area contributed by atoms with Gasteiger partial charge in [-0.15, -0.1) is 0 Å². The van der Waals surface area contributed by atoms with Crippen molar-refractivity contribution in [3.05, 3.63) is 0 Å². The van der Waals surface area contributed by atoms with Crippen LogP contribution in [0.25, 0.3) is 0 Å². The molecular weight excluding hydrogens is 266 g/mol. The van der Waals surface area contributed by atoms with Crippen LogP contribution in [0.4, 0.5) is 4.79 Å². The number of hydrogen-bond donors (Lipinski definition) is 1. The molecule has 0 spiro atoms. The summed E-state index contributed by atoms with van der Waals surface area (Å²) in [6.45, 7) is 14.9. The van der Waals surface area contributed by atoms with Crippen molar-refractivity contribution >= 4 is 6.09 Å². The van der Waals surface area contributed by atoms with Gasteiger partial charge in [0.1, 0.15) is 5.60 Å². The summed E-state index contributed by atoms with van der Waals surface area (Å²) >= 11 is 0. The van der Waals surface area contributed by atoms with Gasteiger partial charge in [-0.1, -0.05) is 6.92 Å². The van der Waals surface area contributed by atoms with Gasteiger partial charge in [-0.05, 0) is 41.0 Å². The Kier molecular flexibility index (Phi) is 4.28. The topological polar surface area (TPSA) is 58.8 Å². The van der Waals surface area contributed by atoms with Crippen LogP contribution in [0.15, 0.2) is 0 Å². The largest absolute Gasteiger partial charge is 0.444 e. The summed E-state index contributed by atoms with van der Waals surface area (Å²) in [6.07, 6.45) is 0.841. The zero-order chi connectivity index (χ0) is 16.0. The number of hydrogen-bond acceptors (Lipinski definition) is 4. The fourth-order valence-corrected chi connectivity index (χ4v) is 3.81. The van der Waals surface area contributed by atoms with Crippen LogP contribution in [-0.2, 0) is 4.74 Å². The number of carbonyl (C=O) groups is 1. The van der Waals surface area contributed by atoms with Crippen LogP contribution in [0.2, 0.25) is 0 Å². The Morgan fingerprint density at radius 2 is 1.90 bits per heavy atom. The van der Waals surface area contributed by atoms with Gasteiger partial charge in [0, 0.05) is 43.2 Å². The number of ether oxygens (including phenoxy) is 1. The number of likely N-dealkylation sites (tertiary alicyclic amines) is 2. The van der Waals surface area contributed by atoms with Crippen molar-refractivity contribution in [2.24, 2.45) is 11.1 Å². The second-order valence-corrected chi connectivity index (χ2v) is 8.22. The Labute approximate surface area is 128 Å². The van der Waals surface area contributed by atoms with Gasteiger partial charge in [0.15, 0.2) is 0 Å². The van der Waals surface area contributed by atoms with E-state index in [2.05, 4.69) is 25.7 Å². The summed E-state index contributed by atoms with van der Waals surface area (Å²) in [5.74, 6) is 0. The van der Waals surface area contributed by atoms with Crippen LogP contribution in [0.5, 0.6) is 0 Å². The molecule has 2 saturated heterocycles. The van der Waals surface area contributed by atoms with E-state index in [0.29, 0.717) is 12.1 Å². The van der Waals surface area contributed by atoms with E-state index in [9.17, 15) is 4.79 Å². The number of nitrogens with zero attached hydrogens (tertiary/aromatic N) is 2. The minimum atomic E-state index is -0.434. The van der Waals surface area contributed by atoms with E-state index in [1.165, 1.54) is 0 Å². The van der Waals surface area contributed by atoms with E-state index >= 15 is 0 Å². The first-order valence-electron chi connectivity index (χ1n) is 8.03. The van der Waals surface area contributed by atoms with Gasteiger partial charge in [-0.25, -0.2) is 4.79 Å². The molecule has 0 saturated carbocycles. The molecule has 0 aliphatic carbocycles. The zero-order valence-corrected chi connectivity index (χ0v) is 14.3. The molecule has 0 bridgehead atoms. The summed E-state index contributed by atoms with van der Waals surface area (Å²) in [5, 5.41) is 0. The Hall–Kier alpha value is -0.810. The fourth-order valence-electron chi connectivity index (χ4n) is 3.81. The van der Waals surface area contributed by atoms with Crippen molar-refractivity contribution in [1.29, 1.82) is 0 Å². The fraction of sp³-hybridized carbons (Fsp3) is 0.938. The van der Waals surface area contributed by atoms with Gasteiger partial charge < -0.3 is 15.4 Å². The highest BCUT2D eigenvalue weighted by molar-refractivity contribution is 5.69. The van der Waals surface area contributed by atoms with Crippen molar-refractivity contribution in [3.63, 3.8) is 0 Å². The van der Waals surface area contributed by atoms with E-state index in [1.54, 1.807) is 4.90 Å². The van der Waals surface area contributed by atoms with E-state index in [1.807, 2.05) is 20.8 Å². The minimum Gasteiger partial charge on any atom is -0.444 e. The molecule has 21 heavy (non-hydrogen) atoms. The number of amides is 1. The molecule has 2 aliphatic heterocycles. The third-order valence-corrected chi connectivity index (χ3v) is 4.62. The molecule has 122 valence electrons. The molecule has 0 aromatic carbocycles. The Morgan fingerprint density at radius 3 is 2.38 bits per heavy atom. The molecule has 1 amide bonds. The summed E-state index contributed by atoms with van der Waals surface area (Å²) in [4.78, 5) is 16.4. The van der Waals surface area contributed by atoms with Gasteiger partial charge in [-0.2, -0.15) is 0 Å². The van der Waals surface area contributed by atoms with Crippen LogP contribution in [0.1, 0.15) is 48.0 Å². The average Bonchev–Trinajstić information content (AvgIpc) is 2.65. The van der Waals surface area contributed by atoms with Gasteiger partial charge in [0.25, 0.3) is 0 Å².